The first-order valence-electron chi connectivity index (χ1n) is 6.87. The van der Waals surface area contributed by atoms with Gasteiger partial charge in [0.1, 0.15) is 0 Å². The van der Waals surface area contributed by atoms with Crippen molar-refractivity contribution >= 4 is 5.91 Å². The largest absolute Gasteiger partial charge is 0.349 e. The predicted molar refractivity (Wildman–Crippen MR) is 78.0 cm³/mol. The lowest BCUT2D eigenvalue weighted by Crippen LogP contribution is -2.28. The molecule has 0 bridgehead atoms. The van der Waals surface area contributed by atoms with Gasteiger partial charge in [-0.3, -0.25) is 14.8 Å². The van der Waals surface area contributed by atoms with Crippen molar-refractivity contribution in [2.75, 3.05) is 0 Å². The monoisotopic (exact) mass is 269 g/mol. The van der Waals surface area contributed by atoms with Crippen molar-refractivity contribution in [3.05, 3.63) is 60.2 Å². The molecular weight excluding hydrogens is 250 g/mol. The second kappa shape index (κ2) is 7.38. The minimum Gasteiger partial charge on any atom is -0.349 e. The highest BCUT2D eigenvalue weighted by Crippen LogP contribution is 2.15. The standard InChI is InChI=1S/C16H19N3O/c1-2-15(14-7-10-17-11-8-14)19-16(20)6-5-13-4-3-9-18-12-13/h3-4,7-12,15H,2,5-6H2,1H3,(H,19,20). The second-order valence-electron chi connectivity index (χ2n) is 4.67. The molecule has 2 heterocycles. The van der Waals surface area contributed by atoms with E-state index in [1.165, 1.54) is 0 Å². The van der Waals surface area contributed by atoms with Gasteiger partial charge in [0.25, 0.3) is 0 Å². The first-order valence-corrected chi connectivity index (χ1v) is 6.87. The molecule has 0 aromatic carbocycles. The Labute approximate surface area is 119 Å². The summed E-state index contributed by atoms with van der Waals surface area (Å²) >= 11 is 0. The first-order chi connectivity index (χ1) is 9.79. The van der Waals surface area contributed by atoms with Gasteiger partial charge in [0, 0.05) is 31.2 Å². The zero-order chi connectivity index (χ0) is 14.2. The summed E-state index contributed by atoms with van der Waals surface area (Å²) in [4.78, 5) is 20.1. The van der Waals surface area contributed by atoms with Gasteiger partial charge in [0.15, 0.2) is 0 Å². The smallest absolute Gasteiger partial charge is 0.220 e. The molecule has 1 atom stereocenters. The van der Waals surface area contributed by atoms with Crippen molar-refractivity contribution in [2.45, 2.75) is 32.2 Å². The van der Waals surface area contributed by atoms with Gasteiger partial charge in [-0.15, -0.1) is 0 Å². The highest BCUT2D eigenvalue weighted by atomic mass is 16.1. The fourth-order valence-corrected chi connectivity index (χ4v) is 2.09. The van der Waals surface area contributed by atoms with Crippen LogP contribution in [-0.2, 0) is 11.2 Å². The Balaban J connectivity index is 1.87. The van der Waals surface area contributed by atoms with E-state index >= 15 is 0 Å². The van der Waals surface area contributed by atoms with Crippen LogP contribution in [0.2, 0.25) is 0 Å². The lowest BCUT2D eigenvalue weighted by Gasteiger charge is -2.17. The molecule has 1 amide bonds. The van der Waals surface area contributed by atoms with Crippen LogP contribution < -0.4 is 5.32 Å². The van der Waals surface area contributed by atoms with Crippen LogP contribution in [0.15, 0.2) is 49.1 Å². The van der Waals surface area contributed by atoms with E-state index in [2.05, 4.69) is 22.2 Å². The van der Waals surface area contributed by atoms with Crippen LogP contribution in [0.3, 0.4) is 0 Å². The van der Waals surface area contributed by atoms with Gasteiger partial charge in [-0.25, -0.2) is 0 Å². The molecule has 4 heteroatoms. The van der Waals surface area contributed by atoms with Crippen molar-refractivity contribution < 1.29 is 4.79 Å². The number of carbonyl (C=O) groups is 1. The number of rotatable bonds is 6. The van der Waals surface area contributed by atoms with Gasteiger partial charge in [-0.05, 0) is 42.2 Å². The van der Waals surface area contributed by atoms with E-state index in [1.807, 2.05) is 24.3 Å². The highest BCUT2D eigenvalue weighted by Gasteiger charge is 2.12. The molecule has 0 aliphatic heterocycles. The van der Waals surface area contributed by atoms with Crippen LogP contribution in [0.25, 0.3) is 0 Å². The van der Waals surface area contributed by atoms with Crippen molar-refractivity contribution in [1.82, 2.24) is 15.3 Å². The third-order valence-electron chi connectivity index (χ3n) is 3.22. The van der Waals surface area contributed by atoms with Gasteiger partial charge in [0.05, 0.1) is 6.04 Å². The maximum absolute atomic E-state index is 12.0. The van der Waals surface area contributed by atoms with E-state index in [-0.39, 0.29) is 11.9 Å². The van der Waals surface area contributed by atoms with Gasteiger partial charge < -0.3 is 5.32 Å². The van der Waals surface area contributed by atoms with E-state index in [4.69, 9.17) is 0 Å². The molecule has 2 aromatic rings. The van der Waals surface area contributed by atoms with Crippen LogP contribution in [-0.4, -0.2) is 15.9 Å². The molecule has 0 fully saturated rings. The third-order valence-corrected chi connectivity index (χ3v) is 3.22. The van der Waals surface area contributed by atoms with Gasteiger partial charge in [-0.2, -0.15) is 0 Å². The summed E-state index contributed by atoms with van der Waals surface area (Å²) in [6.07, 6.45) is 9.09. The predicted octanol–water partition coefficient (Wildman–Crippen LogP) is 2.68. The van der Waals surface area contributed by atoms with Crippen molar-refractivity contribution in [3.63, 3.8) is 0 Å². The molecule has 1 unspecified atom stereocenters. The summed E-state index contributed by atoms with van der Waals surface area (Å²) in [6.45, 7) is 2.06. The Morgan fingerprint density at radius 2 is 2.00 bits per heavy atom. The lowest BCUT2D eigenvalue weighted by atomic mass is 10.1. The minimum atomic E-state index is 0.0550. The molecule has 0 aliphatic carbocycles. The molecule has 4 nitrogen and oxygen atoms in total. The summed E-state index contributed by atoms with van der Waals surface area (Å²) in [6, 6.07) is 7.81. The molecule has 104 valence electrons. The fourth-order valence-electron chi connectivity index (χ4n) is 2.09. The van der Waals surface area contributed by atoms with E-state index in [0.717, 1.165) is 17.5 Å². The summed E-state index contributed by atoms with van der Waals surface area (Å²) in [7, 11) is 0. The number of nitrogens with zero attached hydrogens (tertiary/aromatic N) is 2. The average molecular weight is 269 g/mol. The molecule has 0 saturated carbocycles. The number of pyridine rings is 2. The van der Waals surface area contributed by atoms with E-state index < -0.39 is 0 Å². The highest BCUT2D eigenvalue weighted by molar-refractivity contribution is 5.76. The molecule has 2 rings (SSSR count). The fraction of sp³-hybridized carbons (Fsp3) is 0.312. The van der Waals surface area contributed by atoms with E-state index in [0.29, 0.717) is 12.8 Å². The summed E-state index contributed by atoms with van der Waals surface area (Å²) in [5, 5.41) is 3.07. The van der Waals surface area contributed by atoms with Gasteiger partial charge in [0.2, 0.25) is 5.91 Å². The lowest BCUT2D eigenvalue weighted by molar-refractivity contribution is -0.121. The minimum absolute atomic E-state index is 0.0550. The normalized spacial score (nSPS) is 11.8. The van der Waals surface area contributed by atoms with Gasteiger partial charge >= 0.3 is 0 Å². The Hall–Kier alpha value is -2.23. The van der Waals surface area contributed by atoms with Crippen molar-refractivity contribution in [3.8, 4) is 0 Å². The van der Waals surface area contributed by atoms with Crippen LogP contribution in [0.5, 0.6) is 0 Å². The molecule has 0 spiro atoms. The molecule has 0 radical (unpaired) electrons. The number of aryl methyl sites for hydroxylation is 1. The Kier molecular flexibility index (Phi) is 5.24. The Bertz CT molecular complexity index is 528. The zero-order valence-corrected chi connectivity index (χ0v) is 11.6. The summed E-state index contributed by atoms with van der Waals surface area (Å²) < 4.78 is 0. The molecule has 1 N–H and O–H groups in total. The number of amides is 1. The van der Waals surface area contributed by atoms with Crippen LogP contribution in [0.1, 0.15) is 36.9 Å². The van der Waals surface area contributed by atoms with E-state index in [1.54, 1.807) is 24.8 Å². The van der Waals surface area contributed by atoms with Crippen LogP contribution in [0.4, 0.5) is 0 Å². The summed E-state index contributed by atoms with van der Waals surface area (Å²) in [5.41, 5.74) is 2.18. The Morgan fingerprint density at radius 1 is 1.20 bits per heavy atom. The van der Waals surface area contributed by atoms with Crippen molar-refractivity contribution in [1.29, 1.82) is 0 Å². The number of aromatic nitrogens is 2. The Morgan fingerprint density at radius 3 is 2.65 bits per heavy atom. The molecule has 20 heavy (non-hydrogen) atoms. The number of nitrogens with one attached hydrogen (secondary N) is 1. The number of hydrogen-bond acceptors (Lipinski definition) is 3. The van der Waals surface area contributed by atoms with Crippen LogP contribution >= 0.6 is 0 Å². The number of hydrogen-bond donors (Lipinski definition) is 1. The topological polar surface area (TPSA) is 54.9 Å². The maximum atomic E-state index is 12.0. The molecule has 2 aromatic heterocycles. The second-order valence-corrected chi connectivity index (χ2v) is 4.67. The third kappa shape index (κ3) is 4.16. The van der Waals surface area contributed by atoms with Crippen molar-refractivity contribution in [2.24, 2.45) is 0 Å². The van der Waals surface area contributed by atoms with Gasteiger partial charge in [-0.1, -0.05) is 13.0 Å². The SMILES string of the molecule is CCC(NC(=O)CCc1cccnc1)c1ccncc1. The maximum Gasteiger partial charge on any atom is 0.220 e. The average Bonchev–Trinajstić information content (AvgIpc) is 2.52. The molecular formula is C16H19N3O. The summed E-state index contributed by atoms with van der Waals surface area (Å²) in [5.74, 6) is 0.0671. The zero-order valence-electron chi connectivity index (χ0n) is 11.6. The quantitative estimate of drug-likeness (QED) is 0.877. The van der Waals surface area contributed by atoms with E-state index in [9.17, 15) is 4.79 Å². The molecule has 0 saturated heterocycles. The number of carbonyl (C=O) groups excluding carboxylic acids is 1. The van der Waals surface area contributed by atoms with Crippen LogP contribution in [0, 0.1) is 0 Å². The first kappa shape index (κ1) is 14.2. The molecule has 0 aliphatic rings.